The van der Waals surface area contributed by atoms with Crippen LogP contribution in [0.3, 0.4) is 0 Å². The van der Waals surface area contributed by atoms with E-state index in [1.54, 1.807) is 37.1 Å². The van der Waals surface area contributed by atoms with Gasteiger partial charge in [-0.1, -0.05) is 0 Å². The smallest absolute Gasteiger partial charge is 0.251 e. The Bertz CT molecular complexity index is 1040. The minimum Gasteiger partial charge on any atom is -0.497 e. The lowest BCUT2D eigenvalue weighted by Gasteiger charge is -2.12. The molecule has 8 heteroatoms. The summed E-state index contributed by atoms with van der Waals surface area (Å²) in [6.45, 7) is 7.63. The van der Waals surface area contributed by atoms with E-state index in [0.717, 1.165) is 28.3 Å². The predicted octanol–water partition coefficient (Wildman–Crippen LogP) is 3.09. The minimum atomic E-state index is -0.166. The van der Waals surface area contributed by atoms with Gasteiger partial charge in [-0.25, -0.2) is 14.6 Å². The van der Waals surface area contributed by atoms with Crippen LogP contribution in [-0.2, 0) is 11.2 Å². The number of nitrogens with one attached hydrogen (secondary N) is 1. The zero-order valence-electron chi connectivity index (χ0n) is 17.5. The summed E-state index contributed by atoms with van der Waals surface area (Å²) in [7, 11) is 3.13. The summed E-state index contributed by atoms with van der Waals surface area (Å²) in [6, 6.07) is 7.15. The number of ether oxygens (including phenoxy) is 2. The SMILES string of the molecule is COc1ccc(NC(=O)Cc2c(C)nn(-c3nc(C)cc(C)n3)c2C)c(OC)c1. The number of methoxy groups -OCH3 is 2. The number of aromatic nitrogens is 4. The highest BCUT2D eigenvalue weighted by atomic mass is 16.5. The van der Waals surface area contributed by atoms with Crippen LogP contribution in [0.4, 0.5) is 5.69 Å². The van der Waals surface area contributed by atoms with Crippen molar-refractivity contribution in [2.24, 2.45) is 0 Å². The number of carbonyl (C=O) groups excluding carboxylic acids is 1. The van der Waals surface area contributed by atoms with Crippen LogP contribution in [0, 0.1) is 27.7 Å². The van der Waals surface area contributed by atoms with Crippen LogP contribution in [0.2, 0.25) is 0 Å². The molecular formula is C21H25N5O3. The highest BCUT2D eigenvalue weighted by molar-refractivity contribution is 5.94. The summed E-state index contributed by atoms with van der Waals surface area (Å²) in [5.74, 6) is 1.53. The molecule has 8 nitrogen and oxygen atoms in total. The molecule has 3 aromatic rings. The first-order valence-electron chi connectivity index (χ1n) is 9.22. The standard InChI is InChI=1S/C21H25N5O3/c1-12-9-13(2)23-21(22-12)26-15(4)17(14(3)25-26)11-20(27)24-18-8-7-16(28-5)10-19(18)29-6/h7-10H,11H2,1-6H3,(H,24,27). The summed E-state index contributed by atoms with van der Waals surface area (Å²) in [4.78, 5) is 21.6. The van der Waals surface area contributed by atoms with Crippen molar-refractivity contribution in [1.29, 1.82) is 0 Å². The Morgan fingerprint density at radius 3 is 2.34 bits per heavy atom. The fraction of sp³-hybridized carbons (Fsp3) is 0.333. The van der Waals surface area contributed by atoms with Crippen LogP contribution in [0.25, 0.3) is 5.95 Å². The van der Waals surface area contributed by atoms with Gasteiger partial charge in [-0.05, 0) is 45.9 Å². The van der Waals surface area contributed by atoms with Gasteiger partial charge < -0.3 is 14.8 Å². The van der Waals surface area contributed by atoms with Crippen molar-refractivity contribution < 1.29 is 14.3 Å². The number of carbonyl (C=O) groups is 1. The monoisotopic (exact) mass is 395 g/mol. The number of nitrogens with zero attached hydrogens (tertiary/aromatic N) is 4. The summed E-state index contributed by atoms with van der Waals surface area (Å²) in [5, 5.41) is 7.44. The van der Waals surface area contributed by atoms with Crippen molar-refractivity contribution >= 4 is 11.6 Å². The van der Waals surface area contributed by atoms with E-state index >= 15 is 0 Å². The molecule has 152 valence electrons. The van der Waals surface area contributed by atoms with Gasteiger partial charge in [-0.15, -0.1) is 0 Å². The third-order valence-corrected chi connectivity index (χ3v) is 4.62. The van der Waals surface area contributed by atoms with Gasteiger partial charge >= 0.3 is 0 Å². The fourth-order valence-electron chi connectivity index (χ4n) is 3.18. The molecule has 0 saturated carbocycles. The third-order valence-electron chi connectivity index (χ3n) is 4.62. The predicted molar refractivity (Wildman–Crippen MR) is 110 cm³/mol. The van der Waals surface area contributed by atoms with E-state index in [2.05, 4.69) is 20.4 Å². The van der Waals surface area contributed by atoms with E-state index in [-0.39, 0.29) is 12.3 Å². The number of rotatable bonds is 6. The number of aryl methyl sites for hydroxylation is 3. The van der Waals surface area contributed by atoms with Gasteiger partial charge in [0, 0.05) is 28.7 Å². The van der Waals surface area contributed by atoms with Gasteiger partial charge in [0.1, 0.15) is 11.5 Å². The molecule has 3 rings (SSSR count). The van der Waals surface area contributed by atoms with Crippen LogP contribution in [0.5, 0.6) is 11.5 Å². The maximum absolute atomic E-state index is 12.7. The summed E-state index contributed by atoms with van der Waals surface area (Å²) in [6.07, 6.45) is 0.178. The highest BCUT2D eigenvalue weighted by Gasteiger charge is 2.18. The molecule has 0 radical (unpaired) electrons. The molecule has 2 heterocycles. The molecule has 2 aromatic heterocycles. The topological polar surface area (TPSA) is 91.2 Å². The second-order valence-corrected chi connectivity index (χ2v) is 6.80. The van der Waals surface area contributed by atoms with E-state index in [9.17, 15) is 4.79 Å². The second kappa shape index (κ2) is 8.30. The van der Waals surface area contributed by atoms with E-state index < -0.39 is 0 Å². The maximum Gasteiger partial charge on any atom is 0.251 e. The lowest BCUT2D eigenvalue weighted by atomic mass is 10.1. The first-order chi connectivity index (χ1) is 13.8. The Balaban J connectivity index is 1.84. The van der Waals surface area contributed by atoms with Crippen molar-refractivity contribution in [3.05, 3.63) is 52.6 Å². The van der Waals surface area contributed by atoms with Crippen LogP contribution in [0.15, 0.2) is 24.3 Å². The lowest BCUT2D eigenvalue weighted by Crippen LogP contribution is -2.16. The van der Waals surface area contributed by atoms with Gasteiger partial charge in [0.2, 0.25) is 5.91 Å². The molecule has 0 aliphatic heterocycles. The van der Waals surface area contributed by atoms with Crippen LogP contribution >= 0.6 is 0 Å². The number of hydrogen-bond acceptors (Lipinski definition) is 6. The summed E-state index contributed by atoms with van der Waals surface area (Å²) < 4.78 is 12.2. The Morgan fingerprint density at radius 1 is 1.03 bits per heavy atom. The Labute approximate surface area is 169 Å². The van der Waals surface area contributed by atoms with Gasteiger partial charge in [0.15, 0.2) is 0 Å². The van der Waals surface area contributed by atoms with Crippen LogP contribution in [-0.4, -0.2) is 39.9 Å². The molecule has 0 aliphatic rings. The van der Waals surface area contributed by atoms with Gasteiger partial charge in [0.05, 0.1) is 32.0 Å². The molecule has 1 N–H and O–H groups in total. The third kappa shape index (κ3) is 4.37. The van der Waals surface area contributed by atoms with Crippen molar-refractivity contribution in [2.45, 2.75) is 34.1 Å². The van der Waals surface area contributed by atoms with Gasteiger partial charge in [0.25, 0.3) is 5.95 Å². The first kappa shape index (κ1) is 20.3. The number of anilines is 1. The molecule has 0 fully saturated rings. The van der Waals surface area contributed by atoms with E-state index in [1.165, 1.54) is 0 Å². The first-order valence-corrected chi connectivity index (χ1v) is 9.22. The molecule has 0 spiro atoms. The largest absolute Gasteiger partial charge is 0.497 e. The van der Waals surface area contributed by atoms with E-state index in [0.29, 0.717) is 23.1 Å². The molecule has 0 aliphatic carbocycles. The minimum absolute atomic E-state index is 0.166. The van der Waals surface area contributed by atoms with Crippen molar-refractivity contribution in [1.82, 2.24) is 19.7 Å². The Kier molecular flexibility index (Phi) is 5.81. The molecule has 0 atom stereocenters. The van der Waals surface area contributed by atoms with Crippen molar-refractivity contribution in [2.75, 3.05) is 19.5 Å². The molecule has 0 unspecified atom stereocenters. The van der Waals surface area contributed by atoms with Gasteiger partial charge in [-0.2, -0.15) is 5.10 Å². The van der Waals surface area contributed by atoms with E-state index in [4.69, 9.17) is 9.47 Å². The highest BCUT2D eigenvalue weighted by Crippen LogP contribution is 2.29. The second-order valence-electron chi connectivity index (χ2n) is 6.80. The zero-order chi connectivity index (χ0) is 21.1. The normalized spacial score (nSPS) is 10.7. The summed E-state index contributed by atoms with van der Waals surface area (Å²) >= 11 is 0. The number of amides is 1. The molecule has 0 bridgehead atoms. The number of hydrogen-bond donors (Lipinski definition) is 1. The molecular weight excluding hydrogens is 370 g/mol. The molecule has 1 amide bonds. The van der Waals surface area contributed by atoms with Gasteiger partial charge in [-0.3, -0.25) is 4.79 Å². The molecule has 1 aromatic carbocycles. The van der Waals surface area contributed by atoms with Crippen molar-refractivity contribution in [3.63, 3.8) is 0 Å². The fourth-order valence-corrected chi connectivity index (χ4v) is 3.18. The quantitative estimate of drug-likeness (QED) is 0.690. The summed E-state index contributed by atoms with van der Waals surface area (Å²) in [5.41, 5.74) is 4.76. The maximum atomic E-state index is 12.7. The Hall–Kier alpha value is -3.42. The van der Waals surface area contributed by atoms with Crippen molar-refractivity contribution in [3.8, 4) is 17.4 Å². The Morgan fingerprint density at radius 2 is 1.72 bits per heavy atom. The average Bonchev–Trinajstić information content (AvgIpc) is 2.95. The number of benzene rings is 1. The lowest BCUT2D eigenvalue weighted by molar-refractivity contribution is -0.115. The zero-order valence-corrected chi connectivity index (χ0v) is 17.5. The average molecular weight is 395 g/mol. The van der Waals surface area contributed by atoms with Crippen LogP contribution < -0.4 is 14.8 Å². The molecule has 0 saturated heterocycles. The molecule has 29 heavy (non-hydrogen) atoms. The van der Waals surface area contributed by atoms with Crippen LogP contribution in [0.1, 0.15) is 28.3 Å². The van der Waals surface area contributed by atoms with E-state index in [1.807, 2.05) is 33.8 Å².